The van der Waals surface area contributed by atoms with Crippen molar-refractivity contribution in [1.82, 2.24) is 24.7 Å². The zero-order valence-electron chi connectivity index (χ0n) is 20.1. The minimum atomic E-state index is -0.153. The van der Waals surface area contributed by atoms with Gasteiger partial charge in [0.2, 0.25) is 5.89 Å². The maximum absolute atomic E-state index is 5.66. The number of rotatable bonds is 8. The summed E-state index contributed by atoms with van der Waals surface area (Å²) < 4.78 is 18.3. The molecule has 174 valence electrons. The molecule has 0 aliphatic rings. The number of methoxy groups -OCH3 is 2. The van der Waals surface area contributed by atoms with Crippen LogP contribution in [-0.2, 0) is 0 Å². The molecule has 0 spiro atoms. The number of nitrogens with one attached hydrogen (secondary N) is 1. The summed E-state index contributed by atoms with van der Waals surface area (Å²) in [4.78, 5) is 9.28. The number of anilines is 1. The average molecular weight is 451 g/mol. The summed E-state index contributed by atoms with van der Waals surface area (Å²) in [5, 5.41) is 12.4. The van der Waals surface area contributed by atoms with Crippen LogP contribution in [0.5, 0.6) is 11.5 Å². The van der Waals surface area contributed by atoms with Crippen LogP contribution in [0.15, 0.2) is 28.8 Å². The fraction of sp³-hybridized carbons (Fsp3) is 0.417. The highest BCUT2D eigenvalue weighted by Gasteiger charge is 2.24. The third-order valence-corrected chi connectivity index (χ3v) is 5.44. The predicted molar refractivity (Wildman–Crippen MR) is 126 cm³/mol. The molecule has 0 saturated heterocycles. The van der Waals surface area contributed by atoms with E-state index in [9.17, 15) is 0 Å². The SMILES string of the molecule is COc1ccc(-c2c(C)nn3c(NC(CC(C)C)c4nc(C)no4)cc(C)nc23)c(OC)c1. The molecule has 3 heterocycles. The van der Waals surface area contributed by atoms with Crippen molar-refractivity contribution in [2.75, 3.05) is 19.5 Å². The van der Waals surface area contributed by atoms with Crippen LogP contribution in [0.25, 0.3) is 16.8 Å². The molecule has 9 heteroatoms. The van der Waals surface area contributed by atoms with Gasteiger partial charge in [-0.2, -0.15) is 14.6 Å². The Hall–Kier alpha value is -3.62. The Morgan fingerprint density at radius 1 is 1.06 bits per heavy atom. The number of aryl methyl sites for hydroxylation is 3. The number of hydrogen-bond acceptors (Lipinski definition) is 8. The van der Waals surface area contributed by atoms with Gasteiger partial charge in [-0.1, -0.05) is 19.0 Å². The number of benzene rings is 1. The van der Waals surface area contributed by atoms with E-state index in [0.717, 1.165) is 46.2 Å². The molecule has 0 aliphatic carbocycles. The van der Waals surface area contributed by atoms with Crippen LogP contribution in [-0.4, -0.2) is 39.0 Å². The molecule has 33 heavy (non-hydrogen) atoms. The van der Waals surface area contributed by atoms with Crippen molar-refractivity contribution >= 4 is 11.5 Å². The lowest BCUT2D eigenvalue weighted by Gasteiger charge is -2.19. The van der Waals surface area contributed by atoms with Gasteiger partial charge in [-0.15, -0.1) is 0 Å². The molecule has 3 aromatic heterocycles. The summed E-state index contributed by atoms with van der Waals surface area (Å²) in [5.74, 6) is 3.82. The summed E-state index contributed by atoms with van der Waals surface area (Å²) in [5.41, 5.74) is 4.26. The van der Waals surface area contributed by atoms with E-state index in [-0.39, 0.29) is 6.04 Å². The fourth-order valence-electron chi connectivity index (χ4n) is 3.99. The molecule has 4 rings (SSSR count). The minimum absolute atomic E-state index is 0.153. The maximum Gasteiger partial charge on any atom is 0.249 e. The molecule has 1 N–H and O–H groups in total. The van der Waals surface area contributed by atoms with Crippen LogP contribution in [0.1, 0.15) is 49.4 Å². The summed E-state index contributed by atoms with van der Waals surface area (Å²) in [7, 11) is 3.28. The van der Waals surface area contributed by atoms with E-state index in [2.05, 4.69) is 29.3 Å². The van der Waals surface area contributed by atoms with E-state index in [0.29, 0.717) is 23.4 Å². The standard InChI is InChI=1S/C24H30N6O3/c1-13(2)10-19(24-26-16(5)29-33-24)27-21-11-14(3)25-23-22(15(4)28-30(21)23)18-9-8-17(31-6)12-20(18)32-7/h8-9,11-13,19,27H,10H2,1-7H3. The van der Waals surface area contributed by atoms with Crippen LogP contribution in [0.3, 0.4) is 0 Å². The summed E-state index contributed by atoms with van der Waals surface area (Å²) >= 11 is 0. The lowest BCUT2D eigenvalue weighted by Crippen LogP contribution is -2.16. The Morgan fingerprint density at radius 3 is 2.48 bits per heavy atom. The quantitative estimate of drug-likeness (QED) is 0.404. The molecule has 0 radical (unpaired) electrons. The smallest absolute Gasteiger partial charge is 0.249 e. The van der Waals surface area contributed by atoms with E-state index in [1.54, 1.807) is 14.2 Å². The van der Waals surface area contributed by atoms with Gasteiger partial charge in [0.1, 0.15) is 23.4 Å². The number of hydrogen-bond donors (Lipinski definition) is 1. The van der Waals surface area contributed by atoms with Crippen LogP contribution in [0, 0.1) is 26.7 Å². The third kappa shape index (κ3) is 4.48. The Balaban J connectivity index is 1.84. The Labute approximate surface area is 193 Å². The molecule has 0 aliphatic heterocycles. The second-order valence-electron chi connectivity index (χ2n) is 8.55. The molecule has 0 saturated carbocycles. The highest BCUT2D eigenvalue weighted by atomic mass is 16.5. The summed E-state index contributed by atoms with van der Waals surface area (Å²) in [6, 6.07) is 7.57. The van der Waals surface area contributed by atoms with Crippen molar-refractivity contribution in [2.24, 2.45) is 5.92 Å². The zero-order valence-corrected chi connectivity index (χ0v) is 20.1. The first-order valence-electron chi connectivity index (χ1n) is 11.0. The lowest BCUT2D eigenvalue weighted by atomic mass is 10.0. The first-order valence-corrected chi connectivity index (χ1v) is 11.0. The van der Waals surface area contributed by atoms with Gasteiger partial charge in [-0.05, 0) is 45.2 Å². The van der Waals surface area contributed by atoms with E-state index in [4.69, 9.17) is 24.1 Å². The molecular weight excluding hydrogens is 420 g/mol. The number of aromatic nitrogens is 5. The largest absolute Gasteiger partial charge is 0.497 e. The number of ether oxygens (including phenoxy) is 2. The molecule has 0 amide bonds. The molecule has 4 aromatic rings. The Bertz CT molecular complexity index is 1280. The van der Waals surface area contributed by atoms with Crippen molar-refractivity contribution in [3.05, 3.63) is 47.4 Å². The minimum Gasteiger partial charge on any atom is -0.497 e. The monoisotopic (exact) mass is 450 g/mol. The Morgan fingerprint density at radius 2 is 1.85 bits per heavy atom. The zero-order chi connectivity index (χ0) is 23.7. The van der Waals surface area contributed by atoms with Gasteiger partial charge in [-0.25, -0.2) is 4.98 Å². The van der Waals surface area contributed by atoms with Crippen molar-refractivity contribution in [3.8, 4) is 22.6 Å². The predicted octanol–water partition coefficient (Wildman–Crippen LogP) is 4.92. The molecule has 0 fully saturated rings. The highest BCUT2D eigenvalue weighted by molar-refractivity contribution is 5.85. The van der Waals surface area contributed by atoms with E-state index < -0.39 is 0 Å². The summed E-state index contributed by atoms with van der Waals surface area (Å²) in [6.07, 6.45) is 0.823. The van der Waals surface area contributed by atoms with Crippen LogP contribution in [0.2, 0.25) is 0 Å². The van der Waals surface area contributed by atoms with Gasteiger partial charge in [0.25, 0.3) is 0 Å². The van der Waals surface area contributed by atoms with Gasteiger partial charge in [0.15, 0.2) is 11.5 Å². The maximum atomic E-state index is 5.66. The average Bonchev–Trinajstić information content (AvgIpc) is 3.35. The molecule has 0 bridgehead atoms. The Kier molecular flexibility index (Phi) is 6.22. The molecule has 9 nitrogen and oxygen atoms in total. The highest BCUT2D eigenvalue weighted by Crippen LogP contribution is 2.38. The summed E-state index contributed by atoms with van der Waals surface area (Å²) in [6.45, 7) is 10.1. The van der Waals surface area contributed by atoms with Crippen LogP contribution in [0.4, 0.5) is 5.82 Å². The molecule has 1 atom stereocenters. The van der Waals surface area contributed by atoms with Crippen LogP contribution < -0.4 is 14.8 Å². The fourth-order valence-corrected chi connectivity index (χ4v) is 3.99. The van der Waals surface area contributed by atoms with E-state index >= 15 is 0 Å². The van der Waals surface area contributed by atoms with Crippen molar-refractivity contribution < 1.29 is 14.0 Å². The molecule has 1 aromatic carbocycles. The van der Waals surface area contributed by atoms with Crippen molar-refractivity contribution in [2.45, 2.75) is 47.1 Å². The van der Waals surface area contributed by atoms with Gasteiger partial charge >= 0.3 is 0 Å². The topological polar surface area (TPSA) is 99.6 Å². The van der Waals surface area contributed by atoms with E-state index in [1.807, 2.05) is 49.6 Å². The number of nitrogens with zero attached hydrogens (tertiary/aromatic N) is 5. The number of fused-ring (bicyclic) bond motifs is 1. The first-order chi connectivity index (χ1) is 15.8. The van der Waals surface area contributed by atoms with Gasteiger partial charge in [0.05, 0.1) is 25.5 Å². The van der Waals surface area contributed by atoms with E-state index in [1.165, 1.54) is 0 Å². The van der Waals surface area contributed by atoms with Crippen molar-refractivity contribution in [1.29, 1.82) is 0 Å². The first kappa shape index (κ1) is 22.6. The second-order valence-corrected chi connectivity index (χ2v) is 8.55. The molecular formula is C24H30N6O3. The lowest BCUT2D eigenvalue weighted by molar-refractivity contribution is 0.342. The molecule has 1 unspecified atom stereocenters. The van der Waals surface area contributed by atoms with Gasteiger partial charge < -0.3 is 19.3 Å². The normalized spacial score (nSPS) is 12.4. The van der Waals surface area contributed by atoms with Gasteiger partial charge in [-0.3, -0.25) is 0 Å². The van der Waals surface area contributed by atoms with Gasteiger partial charge in [0, 0.05) is 23.4 Å². The third-order valence-electron chi connectivity index (χ3n) is 5.44. The van der Waals surface area contributed by atoms with Crippen LogP contribution >= 0.6 is 0 Å². The van der Waals surface area contributed by atoms with Crippen molar-refractivity contribution in [3.63, 3.8) is 0 Å². The second kappa shape index (κ2) is 9.09.